The van der Waals surface area contributed by atoms with E-state index in [0.29, 0.717) is 12.0 Å². The van der Waals surface area contributed by atoms with Crippen LogP contribution < -0.4 is 5.32 Å². The van der Waals surface area contributed by atoms with E-state index in [2.05, 4.69) is 27.7 Å². The molecule has 0 spiro atoms. The summed E-state index contributed by atoms with van der Waals surface area (Å²) in [6.45, 7) is 4.24. The molecule has 106 valence electrons. The molecule has 0 saturated heterocycles. The lowest BCUT2D eigenvalue weighted by Gasteiger charge is -2.15. The van der Waals surface area contributed by atoms with E-state index in [-0.39, 0.29) is 12.5 Å². The molecule has 1 N–H and O–H groups in total. The van der Waals surface area contributed by atoms with E-state index in [1.807, 2.05) is 17.7 Å². The van der Waals surface area contributed by atoms with E-state index in [1.54, 1.807) is 12.4 Å². The van der Waals surface area contributed by atoms with Crippen LogP contribution in [0.2, 0.25) is 0 Å². The highest BCUT2D eigenvalue weighted by molar-refractivity contribution is 5.89. The van der Waals surface area contributed by atoms with Gasteiger partial charge < -0.3 is 5.32 Å². The smallest absolute Gasteiger partial charge is 0.247 e. The summed E-state index contributed by atoms with van der Waals surface area (Å²) < 4.78 is 3.42. The van der Waals surface area contributed by atoms with Gasteiger partial charge in [0.15, 0.2) is 0 Å². The number of nitrogens with one attached hydrogen (secondary N) is 1. The Labute approximate surface area is 117 Å². The molecule has 0 unspecified atom stereocenters. The number of anilines is 1. The number of hydrogen-bond donors (Lipinski definition) is 1. The van der Waals surface area contributed by atoms with E-state index in [4.69, 9.17) is 0 Å². The van der Waals surface area contributed by atoms with Crippen molar-refractivity contribution in [2.75, 3.05) is 5.32 Å². The largest absolute Gasteiger partial charge is 0.309 e. The summed E-state index contributed by atoms with van der Waals surface area (Å²) in [4.78, 5) is 12.0. The first-order valence-electron chi connectivity index (χ1n) is 6.83. The molecule has 1 fully saturated rings. The molecule has 2 aromatic heterocycles. The van der Waals surface area contributed by atoms with Gasteiger partial charge in [0.1, 0.15) is 12.4 Å². The average molecular weight is 274 g/mol. The van der Waals surface area contributed by atoms with Crippen molar-refractivity contribution in [2.45, 2.75) is 39.3 Å². The summed E-state index contributed by atoms with van der Waals surface area (Å²) in [5.41, 5.74) is 0.911. The van der Waals surface area contributed by atoms with Crippen LogP contribution in [0.1, 0.15) is 31.5 Å². The first-order valence-corrected chi connectivity index (χ1v) is 6.83. The van der Waals surface area contributed by atoms with Crippen LogP contribution >= 0.6 is 0 Å². The highest BCUT2D eigenvalue weighted by atomic mass is 16.2. The molecule has 1 aliphatic carbocycles. The van der Waals surface area contributed by atoms with Crippen LogP contribution in [0.4, 0.5) is 5.82 Å². The van der Waals surface area contributed by atoms with Crippen LogP contribution in [0.3, 0.4) is 0 Å². The maximum atomic E-state index is 12.0. The monoisotopic (exact) mass is 274 g/mol. The lowest BCUT2D eigenvalue weighted by atomic mass is 10.2. The van der Waals surface area contributed by atoms with Crippen molar-refractivity contribution in [1.29, 1.82) is 0 Å². The van der Waals surface area contributed by atoms with Crippen molar-refractivity contribution >= 4 is 11.7 Å². The summed E-state index contributed by atoms with van der Waals surface area (Å²) in [6.07, 6.45) is 5.70. The van der Waals surface area contributed by atoms with Crippen molar-refractivity contribution < 1.29 is 4.79 Å². The molecular formula is C13H18N6O. The van der Waals surface area contributed by atoms with E-state index in [9.17, 15) is 4.79 Å². The van der Waals surface area contributed by atoms with Gasteiger partial charge in [0.05, 0.1) is 17.9 Å². The summed E-state index contributed by atoms with van der Waals surface area (Å²) in [5, 5.41) is 14.9. The molecule has 0 aromatic carbocycles. The Balaban J connectivity index is 1.71. The highest BCUT2D eigenvalue weighted by Crippen LogP contribution is 2.40. The molecule has 0 aliphatic heterocycles. The number of aromatic nitrogens is 5. The first-order chi connectivity index (χ1) is 9.63. The molecule has 0 bridgehead atoms. The highest BCUT2D eigenvalue weighted by Gasteiger charge is 2.31. The number of nitrogens with zero attached hydrogens (tertiary/aromatic N) is 5. The normalized spacial score (nSPS) is 16.1. The van der Waals surface area contributed by atoms with Crippen LogP contribution in [0.25, 0.3) is 0 Å². The second kappa shape index (κ2) is 5.07. The van der Waals surface area contributed by atoms with E-state index < -0.39 is 0 Å². The van der Waals surface area contributed by atoms with Gasteiger partial charge in [0, 0.05) is 12.3 Å². The topological polar surface area (TPSA) is 77.6 Å². The third-order valence-electron chi connectivity index (χ3n) is 3.59. The number of aryl methyl sites for hydroxylation is 1. The second-order valence-electron chi connectivity index (χ2n) is 5.34. The molecule has 1 amide bonds. The molecule has 2 aromatic rings. The molecule has 1 atom stereocenters. The fourth-order valence-corrected chi connectivity index (χ4v) is 2.35. The molecule has 7 nitrogen and oxygen atoms in total. The van der Waals surface area contributed by atoms with Gasteiger partial charge in [-0.25, -0.2) is 9.36 Å². The summed E-state index contributed by atoms with van der Waals surface area (Å²) in [6, 6.07) is 2.23. The molecule has 20 heavy (non-hydrogen) atoms. The van der Waals surface area contributed by atoms with Crippen molar-refractivity contribution in [3.05, 3.63) is 24.2 Å². The Morgan fingerprint density at radius 2 is 2.35 bits per heavy atom. The zero-order valence-electron chi connectivity index (χ0n) is 11.7. The van der Waals surface area contributed by atoms with Crippen molar-refractivity contribution in [1.82, 2.24) is 24.8 Å². The third-order valence-corrected chi connectivity index (χ3v) is 3.59. The van der Waals surface area contributed by atoms with Gasteiger partial charge in [-0.05, 0) is 32.6 Å². The predicted octanol–water partition coefficient (Wildman–Crippen LogP) is 1.39. The standard InChI is InChI=1S/C13H18N6O/c1-9-7-12(19(16-9)10(2)11-3-4-11)15-13(20)8-18-6-5-14-17-18/h5-7,10-11H,3-4,8H2,1-2H3,(H,15,20)/t10-/m0/s1. The van der Waals surface area contributed by atoms with Crippen LogP contribution in [0.5, 0.6) is 0 Å². The quantitative estimate of drug-likeness (QED) is 0.893. The third kappa shape index (κ3) is 2.71. The summed E-state index contributed by atoms with van der Waals surface area (Å²) in [7, 11) is 0. The van der Waals surface area contributed by atoms with Gasteiger partial charge in [0.25, 0.3) is 0 Å². The Bertz CT molecular complexity index is 598. The predicted molar refractivity (Wildman–Crippen MR) is 73.1 cm³/mol. The number of rotatable bonds is 5. The van der Waals surface area contributed by atoms with Gasteiger partial charge in [-0.3, -0.25) is 4.79 Å². The van der Waals surface area contributed by atoms with Gasteiger partial charge >= 0.3 is 0 Å². The maximum absolute atomic E-state index is 12.0. The Hall–Kier alpha value is -2.18. The van der Waals surface area contributed by atoms with Gasteiger partial charge in [-0.15, -0.1) is 5.10 Å². The van der Waals surface area contributed by atoms with Gasteiger partial charge in [-0.1, -0.05) is 5.21 Å². The van der Waals surface area contributed by atoms with Crippen molar-refractivity contribution in [3.63, 3.8) is 0 Å². The van der Waals surface area contributed by atoms with Crippen LogP contribution in [-0.4, -0.2) is 30.7 Å². The van der Waals surface area contributed by atoms with E-state index in [0.717, 1.165) is 11.5 Å². The van der Waals surface area contributed by atoms with Crippen molar-refractivity contribution in [3.8, 4) is 0 Å². The SMILES string of the molecule is Cc1cc(NC(=O)Cn2ccnn2)n([C@@H](C)C2CC2)n1. The Kier molecular flexibility index (Phi) is 3.25. The lowest BCUT2D eigenvalue weighted by Crippen LogP contribution is -2.22. The molecule has 1 saturated carbocycles. The van der Waals surface area contributed by atoms with E-state index >= 15 is 0 Å². The Morgan fingerprint density at radius 1 is 1.55 bits per heavy atom. The molecule has 7 heteroatoms. The minimum atomic E-state index is -0.125. The van der Waals surface area contributed by atoms with Gasteiger partial charge in [-0.2, -0.15) is 5.10 Å². The number of carbonyl (C=O) groups is 1. The molecular weight excluding hydrogens is 256 g/mol. The zero-order valence-corrected chi connectivity index (χ0v) is 11.7. The minimum absolute atomic E-state index is 0.125. The van der Waals surface area contributed by atoms with Crippen LogP contribution in [0, 0.1) is 12.8 Å². The lowest BCUT2D eigenvalue weighted by molar-refractivity contribution is -0.117. The zero-order chi connectivity index (χ0) is 14.1. The average Bonchev–Trinajstić information content (AvgIpc) is 3.02. The van der Waals surface area contributed by atoms with Crippen molar-refractivity contribution in [2.24, 2.45) is 5.92 Å². The first kappa shape index (κ1) is 12.8. The van der Waals surface area contributed by atoms with Crippen LogP contribution in [-0.2, 0) is 11.3 Å². The van der Waals surface area contributed by atoms with Gasteiger partial charge in [0.2, 0.25) is 5.91 Å². The summed E-state index contributed by atoms with van der Waals surface area (Å²) >= 11 is 0. The molecule has 2 heterocycles. The molecule has 3 rings (SSSR count). The van der Waals surface area contributed by atoms with Crippen LogP contribution in [0.15, 0.2) is 18.5 Å². The second-order valence-corrected chi connectivity index (χ2v) is 5.34. The molecule has 0 radical (unpaired) electrons. The fraction of sp³-hybridized carbons (Fsp3) is 0.538. The Morgan fingerprint density at radius 3 is 3.00 bits per heavy atom. The maximum Gasteiger partial charge on any atom is 0.247 e. The number of carbonyl (C=O) groups excluding carboxylic acids is 1. The number of amides is 1. The number of hydrogen-bond acceptors (Lipinski definition) is 4. The fourth-order valence-electron chi connectivity index (χ4n) is 2.35. The summed E-state index contributed by atoms with van der Waals surface area (Å²) in [5.74, 6) is 1.31. The minimum Gasteiger partial charge on any atom is -0.309 e. The molecule has 1 aliphatic rings. The van der Waals surface area contributed by atoms with E-state index in [1.165, 1.54) is 17.5 Å².